The fourth-order valence-electron chi connectivity index (χ4n) is 2.52. The third-order valence-corrected chi connectivity index (χ3v) is 3.33. The second-order valence-corrected chi connectivity index (χ2v) is 4.88. The standard InChI is InChI=1S/C12H25N3O/c1-3-14-11(12(13)16)9-15(2)8-10-6-4-5-7-10/h10-11,14H,3-9H2,1-2H3,(H2,13,16). The first-order valence-corrected chi connectivity index (χ1v) is 6.34. The fraction of sp³-hybridized carbons (Fsp3) is 0.917. The number of primary amides is 1. The van der Waals surface area contributed by atoms with Crippen molar-refractivity contribution in [3.63, 3.8) is 0 Å². The Kier molecular flexibility index (Phi) is 5.77. The zero-order chi connectivity index (χ0) is 12.0. The Morgan fingerprint density at radius 3 is 2.62 bits per heavy atom. The molecular weight excluding hydrogens is 202 g/mol. The molecule has 1 amide bonds. The zero-order valence-corrected chi connectivity index (χ0v) is 10.5. The lowest BCUT2D eigenvalue weighted by Crippen LogP contribution is -2.48. The van der Waals surface area contributed by atoms with Crippen molar-refractivity contribution in [2.45, 2.75) is 38.6 Å². The molecule has 0 bridgehead atoms. The smallest absolute Gasteiger partial charge is 0.235 e. The Balaban J connectivity index is 2.29. The molecule has 1 aliphatic rings. The maximum atomic E-state index is 11.2. The molecule has 1 fully saturated rings. The first-order valence-electron chi connectivity index (χ1n) is 6.34. The Morgan fingerprint density at radius 2 is 2.12 bits per heavy atom. The molecule has 4 heteroatoms. The maximum absolute atomic E-state index is 11.2. The third kappa shape index (κ3) is 4.49. The highest BCUT2D eigenvalue weighted by Gasteiger charge is 2.20. The van der Waals surface area contributed by atoms with E-state index >= 15 is 0 Å². The van der Waals surface area contributed by atoms with Crippen LogP contribution in [0.15, 0.2) is 0 Å². The van der Waals surface area contributed by atoms with Gasteiger partial charge in [0.2, 0.25) is 5.91 Å². The zero-order valence-electron chi connectivity index (χ0n) is 10.5. The van der Waals surface area contributed by atoms with Crippen LogP contribution in [0.4, 0.5) is 0 Å². The molecule has 1 atom stereocenters. The van der Waals surface area contributed by atoms with Crippen LogP contribution < -0.4 is 11.1 Å². The van der Waals surface area contributed by atoms with Crippen molar-refractivity contribution in [1.82, 2.24) is 10.2 Å². The van der Waals surface area contributed by atoms with Gasteiger partial charge in [-0.15, -0.1) is 0 Å². The van der Waals surface area contributed by atoms with E-state index in [9.17, 15) is 4.79 Å². The molecule has 1 rings (SSSR count). The van der Waals surface area contributed by atoms with Crippen LogP contribution in [0.5, 0.6) is 0 Å². The van der Waals surface area contributed by atoms with E-state index in [4.69, 9.17) is 5.73 Å². The van der Waals surface area contributed by atoms with Gasteiger partial charge in [0.05, 0.1) is 6.04 Å². The van der Waals surface area contributed by atoms with Crippen molar-refractivity contribution in [2.75, 3.05) is 26.7 Å². The Hall–Kier alpha value is -0.610. The van der Waals surface area contributed by atoms with E-state index in [1.54, 1.807) is 0 Å². The summed E-state index contributed by atoms with van der Waals surface area (Å²) in [7, 11) is 2.08. The van der Waals surface area contributed by atoms with E-state index < -0.39 is 0 Å². The van der Waals surface area contributed by atoms with Gasteiger partial charge in [-0.3, -0.25) is 4.79 Å². The molecule has 0 aromatic rings. The Labute approximate surface area is 98.6 Å². The number of nitrogens with two attached hydrogens (primary N) is 1. The molecule has 1 unspecified atom stereocenters. The van der Waals surface area contributed by atoms with Crippen LogP contribution in [0.2, 0.25) is 0 Å². The SMILES string of the molecule is CCNC(CN(C)CC1CCCC1)C(N)=O. The number of likely N-dealkylation sites (N-methyl/N-ethyl adjacent to an activating group) is 2. The van der Waals surface area contributed by atoms with Crippen molar-refractivity contribution >= 4 is 5.91 Å². The predicted octanol–water partition coefficient (Wildman–Crippen LogP) is 0.572. The minimum atomic E-state index is -0.250. The monoisotopic (exact) mass is 227 g/mol. The first kappa shape index (κ1) is 13.5. The second-order valence-electron chi connectivity index (χ2n) is 4.88. The van der Waals surface area contributed by atoms with Gasteiger partial charge in [-0.1, -0.05) is 19.8 Å². The van der Waals surface area contributed by atoms with Gasteiger partial charge in [-0.05, 0) is 32.4 Å². The minimum Gasteiger partial charge on any atom is -0.368 e. The van der Waals surface area contributed by atoms with Crippen LogP contribution >= 0.6 is 0 Å². The highest BCUT2D eigenvalue weighted by molar-refractivity contribution is 5.80. The first-order chi connectivity index (χ1) is 7.63. The molecule has 0 heterocycles. The summed E-state index contributed by atoms with van der Waals surface area (Å²) in [6.45, 7) is 4.59. The van der Waals surface area contributed by atoms with Crippen LogP contribution in [0.3, 0.4) is 0 Å². The van der Waals surface area contributed by atoms with E-state index in [2.05, 4.69) is 17.3 Å². The van der Waals surface area contributed by atoms with Gasteiger partial charge in [-0.2, -0.15) is 0 Å². The number of amides is 1. The van der Waals surface area contributed by atoms with Gasteiger partial charge >= 0.3 is 0 Å². The lowest BCUT2D eigenvalue weighted by Gasteiger charge is -2.24. The van der Waals surface area contributed by atoms with Crippen molar-refractivity contribution in [1.29, 1.82) is 0 Å². The summed E-state index contributed by atoms with van der Waals surface area (Å²) in [6, 6.07) is -0.212. The summed E-state index contributed by atoms with van der Waals surface area (Å²) in [5, 5.41) is 3.12. The summed E-state index contributed by atoms with van der Waals surface area (Å²) in [5.41, 5.74) is 5.35. The number of carbonyl (C=O) groups is 1. The average molecular weight is 227 g/mol. The van der Waals surface area contributed by atoms with Gasteiger partial charge in [0.1, 0.15) is 0 Å². The molecule has 3 N–H and O–H groups in total. The number of hydrogen-bond acceptors (Lipinski definition) is 3. The lowest BCUT2D eigenvalue weighted by molar-refractivity contribution is -0.120. The molecule has 1 saturated carbocycles. The summed E-state index contributed by atoms with van der Waals surface area (Å²) in [4.78, 5) is 13.4. The number of nitrogens with one attached hydrogen (secondary N) is 1. The van der Waals surface area contributed by atoms with Crippen molar-refractivity contribution in [3.05, 3.63) is 0 Å². The van der Waals surface area contributed by atoms with Crippen LogP contribution in [0.25, 0.3) is 0 Å². The third-order valence-electron chi connectivity index (χ3n) is 3.33. The van der Waals surface area contributed by atoms with Crippen molar-refractivity contribution < 1.29 is 4.79 Å². The molecule has 0 aromatic heterocycles. The van der Waals surface area contributed by atoms with Crippen LogP contribution in [0, 0.1) is 5.92 Å². The largest absolute Gasteiger partial charge is 0.368 e. The van der Waals surface area contributed by atoms with Gasteiger partial charge < -0.3 is 16.0 Å². The molecule has 16 heavy (non-hydrogen) atoms. The van der Waals surface area contributed by atoms with E-state index in [0.717, 1.165) is 25.6 Å². The molecule has 0 radical (unpaired) electrons. The van der Waals surface area contributed by atoms with E-state index in [1.807, 2.05) is 6.92 Å². The molecule has 0 spiro atoms. The molecular formula is C12H25N3O. The number of hydrogen-bond donors (Lipinski definition) is 2. The van der Waals surface area contributed by atoms with E-state index in [1.165, 1.54) is 25.7 Å². The molecule has 4 nitrogen and oxygen atoms in total. The summed E-state index contributed by atoms with van der Waals surface area (Å²) < 4.78 is 0. The molecule has 0 aromatic carbocycles. The highest BCUT2D eigenvalue weighted by atomic mass is 16.1. The molecule has 94 valence electrons. The van der Waals surface area contributed by atoms with Crippen LogP contribution in [-0.4, -0.2) is 43.5 Å². The molecule has 0 saturated heterocycles. The lowest BCUT2D eigenvalue weighted by atomic mass is 10.1. The van der Waals surface area contributed by atoms with Gasteiger partial charge in [0, 0.05) is 13.1 Å². The maximum Gasteiger partial charge on any atom is 0.235 e. The van der Waals surface area contributed by atoms with Crippen molar-refractivity contribution in [3.8, 4) is 0 Å². The van der Waals surface area contributed by atoms with Crippen LogP contribution in [-0.2, 0) is 4.79 Å². The summed E-state index contributed by atoms with van der Waals surface area (Å²) in [5.74, 6) is 0.570. The average Bonchev–Trinajstić information content (AvgIpc) is 2.69. The fourth-order valence-corrected chi connectivity index (χ4v) is 2.52. The van der Waals surface area contributed by atoms with Gasteiger partial charge in [0.15, 0.2) is 0 Å². The summed E-state index contributed by atoms with van der Waals surface area (Å²) >= 11 is 0. The van der Waals surface area contributed by atoms with Crippen molar-refractivity contribution in [2.24, 2.45) is 11.7 Å². The number of nitrogens with zero attached hydrogens (tertiary/aromatic N) is 1. The highest BCUT2D eigenvalue weighted by Crippen LogP contribution is 2.25. The number of rotatable bonds is 7. The van der Waals surface area contributed by atoms with Gasteiger partial charge in [0.25, 0.3) is 0 Å². The molecule has 0 aliphatic heterocycles. The predicted molar refractivity (Wildman–Crippen MR) is 66.1 cm³/mol. The summed E-state index contributed by atoms with van der Waals surface area (Å²) in [6.07, 6.45) is 5.41. The minimum absolute atomic E-state index is 0.212. The topological polar surface area (TPSA) is 58.4 Å². The van der Waals surface area contributed by atoms with E-state index in [0.29, 0.717) is 0 Å². The van der Waals surface area contributed by atoms with Crippen LogP contribution in [0.1, 0.15) is 32.6 Å². The van der Waals surface area contributed by atoms with Gasteiger partial charge in [-0.25, -0.2) is 0 Å². The Morgan fingerprint density at radius 1 is 1.50 bits per heavy atom. The number of carbonyl (C=O) groups excluding carboxylic acids is 1. The second kappa shape index (κ2) is 6.86. The normalized spacial score (nSPS) is 19.2. The van der Waals surface area contributed by atoms with E-state index in [-0.39, 0.29) is 11.9 Å². The quantitative estimate of drug-likeness (QED) is 0.668. The Bertz CT molecular complexity index is 214. The molecule has 1 aliphatic carbocycles.